The summed E-state index contributed by atoms with van der Waals surface area (Å²) in [7, 11) is 0. The fraction of sp³-hybridized carbons (Fsp3) is 0.143. The predicted octanol–water partition coefficient (Wildman–Crippen LogP) is 2.40. The number of halogens is 1. The van der Waals surface area contributed by atoms with Crippen molar-refractivity contribution in [3.8, 4) is 0 Å². The van der Waals surface area contributed by atoms with Crippen molar-refractivity contribution in [3.63, 3.8) is 0 Å². The number of anilines is 1. The summed E-state index contributed by atoms with van der Waals surface area (Å²) in [5, 5.41) is 11.6. The molecule has 0 fully saturated rings. The zero-order chi connectivity index (χ0) is 15.2. The highest BCUT2D eigenvalue weighted by Crippen LogP contribution is 2.17. The predicted molar refractivity (Wildman–Crippen MR) is 77.4 cm³/mol. The van der Waals surface area contributed by atoms with Crippen molar-refractivity contribution in [1.82, 2.24) is 9.97 Å². The molecule has 0 saturated heterocycles. The summed E-state index contributed by atoms with van der Waals surface area (Å²) in [6.07, 6.45) is 2.88. The number of carbonyl (C=O) groups is 2. The Morgan fingerprint density at radius 2 is 1.95 bits per heavy atom. The molecule has 0 saturated carbocycles. The number of carboxylic acid groups (broad SMARTS) is 1. The lowest BCUT2D eigenvalue weighted by molar-refractivity contribution is -0.136. The topological polar surface area (TPSA) is 92.2 Å². The minimum absolute atomic E-state index is 0.00632. The van der Waals surface area contributed by atoms with E-state index in [0.29, 0.717) is 12.1 Å². The molecule has 0 aliphatic carbocycles. The second-order valence-electron chi connectivity index (χ2n) is 4.23. The van der Waals surface area contributed by atoms with E-state index in [4.69, 9.17) is 16.7 Å². The van der Waals surface area contributed by atoms with Crippen molar-refractivity contribution >= 4 is 29.2 Å². The van der Waals surface area contributed by atoms with Crippen LogP contribution in [0.25, 0.3) is 0 Å². The van der Waals surface area contributed by atoms with Crippen molar-refractivity contribution in [2.45, 2.75) is 12.8 Å². The summed E-state index contributed by atoms with van der Waals surface area (Å²) in [6.45, 7) is 0. The van der Waals surface area contributed by atoms with Crippen LogP contribution >= 0.6 is 11.6 Å². The summed E-state index contributed by atoms with van der Waals surface area (Å²) >= 11 is 5.61. The fourth-order valence-corrected chi connectivity index (χ4v) is 1.82. The number of aliphatic carboxylic acids is 1. The van der Waals surface area contributed by atoms with Gasteiger partial charge in [-0.25, -0.2) is 9.97 Å². The number of rotatable bonds is 5. The summed E-state index contributed by atoms with van der Waals surface area (Å²) in [5.74, 6) is -1.32. The Morgan fingerprint density at radius 3 is 2.62 bits per heavy atom. The Balaban J connectivity index is 2.13. The van der Waals surface area contributed by atoms with Crippen LogP contribution in [0.3, 0.4) is 0 Å². The second-order valence-corrected chi connectivity index (χ2v) is 4.62. The molecule has 1 aromatic carbocycles. The van der Waals surface area contributed by atoms with Crippen molar-refractivity contribution in [3.05, 3.63) is 53.1 Å². The number of benzene rings is 1. The zero-order valence-corrected chi connectivity index (χ0v) is 11.7. The molecule has 0 atom stereocenters. The van der Waals surface area contributed by atoms with Crippen LogP contribution in [0, 0.1) is 0 Å². The molecule has 0 aliphatic heterocycles. The van der Waals surface area contributed by atoms with E-state index in [0.717, 1.165) is 5.56 Å². The van der Waals surface area contributed by atoms with Crippen LogP contribution in [0.5, 0.6) is 0 Å². The molecule has 6 nitrogen and oxygen atoms in total. The van der Waals surface area contributed by atoms with Crippen LogP contribution < -0.4 is 5.32 Å². The summed E-state index contributed by atoms with van der Waals surface area (Å²) in [4.78, 5) is 30.3. The van der Waals surface area contributed by atoms with E-state index < -0.39 is 11.9 Å². The molecule has 2 aromatic rings. The average molecular weight is 306 g/mol. The van der Waals surface area contributed by atoms with Gasteiger partial charge in [-0.1, -0.05) is 29.8 Å². The number of carboxylic acids is 1. The zero-order valence-electron chi connectivity index (χ0n) is 10.9. The van der Waals surface area contributed by atoms with Gasteiger partial charge in [-0.3, -0.25) is 9.59 Å². The maximum absolute atomic E-state index is 12.0. The number of aryl methyl sites for hydroxylation is 1. The molecule has 1 amide bonds. The first kappa shape index (κ1) is 14.9. The third-order valence-electron chi connectivity index (χ3n) is 2.73. The van der Waals surface area contributed by atoms with Gasteiger partial charge < -0.3 is 10.4 Å². The Morgan fingerprint density at radius 1 is 1.19 bits per heavy atom. The lowest BCUT2D eigenvalue weighted by atomic mass is 10.1. The summed E-state index contributed by atoms with van der Waals surface area (Å²) in [5.41, 5.74) is 1.43. The quantitative estimate of drug-likeness (QED) is 0.885. The number of amides is 1. The van der Waals surface area contributed by atoms with Gasteiger partial charge in [-0.05, 0) is 18.1 Å². The molecule has 2 rings (SSSR count). The highest BCUT2D eigenvalue weighted by Gasteiger charge is 2.11. The smallest absolute Gasteiger partial charge is 0.303 e. The van der Waals surface area contributed by atoms with Gasteiger partial charge >= 0.3 is 5.97 Å². The Bertz CT molecular complexity index is 659. The molecule has 0 radical (unpaired) electrons. The maximum Gasteiger partial charge on any atom is 0.303 e. The largest absolute Gasteiger partial charge is 0.481 e. The van der Waals surface area contributed by atoms with Crippen molar-refractivity contribution in [1.29, 1.82) is 0 Å². The van der Waals surface area contributed by atoms with E-state index in [1.54, 1.807) is 24.3 Å². The standard InChI is InChI=1S/C14H12ClN3O3/c15-12-8-16-11(7-17-12)14(21)18-10-4-2-1-3-9(10)5-6-13(19)20/h1-4,7-8H,5-6H2,(H,18,21)(H,19,20). The molecule has 0 aliphatic rings. The van der Waals surface area contributed by atoms with Crippen LogP contribution in [0.1, 0.15) is 22.5 Å². The van der Waals surface area contributed by atoms with Crippen LogP contribution in [0.4, 0.5) is 5.69 Å². The van der Waals surface area contributed by atoms with E-state index in [9.17, 15) is 9.59 Å². The monoisotopic (exact) mass is 305 g/mol. The molecule has 0 spiro atoms. The number of para-hydroxylation sites is 1. The molecule has 0 bridgehead atoms. The summed E-state index contributed by atoms with van der Waals surface area (Å²) < 4.78 is 0. The molecule has 21 heavy (non-hydrogen) atoms. The van der Waals surface area contributed by atoms with Gasteiger partial charge in [0.25, 0.3) is 5.91 Å². The number of aromatic nitrogens is 2. The van der Waals surface area contributed by atoms with Crippen LogP contribution in [-0.2, 0) is 11.2 Å². The number of nitrogens with zero attached hydrogens (tertiary/aromatic N) is 2. The minimum Gasteiger partial charge on any atom is -0.481 e. The highest BCUT2D eigenvalue weighted by molar-refractivity contribution is 6.29. The van der Waals surface area contributed by atoms with Crippen molar-refractivity contribution in [2.24, 2.45) is 0 Å². The molecular weight excluding hydrogens is 294 g/mol. The van der Waals surface area contributed by atoms with E-state index in [-0.39, 0.29) is 17.3 Å². The van der Waals surface area contributed by atoms with Gasteiger partial charge in [-0.2, -0.15) is 0 Å². The highest BCUT2D eigenvalue weighted by atomic mass is 35.5. The maximum atomic E-state index is 12.0. The van der Waals surface area contributed by atoms with Gasteiger partial charge in [0.05, 0.1) is 12.4 Å². The first-order chi connectivity index (χ1) is 10.1. The lowest BCUT2D eigenvalue weighted by Gasteiger charge is -2.09. The third-order valence-corrected chi connectivity index (χ3v) is 2.92. The molecule has 1 heterocycles. The molecule has 7 heteroatoms. The summed E-state index contributed by atoms with van der Waals surface area (Å²) in [6, 6.07) is 7.02. The lowest BCUT2D eigenvalue weighted by Crippen LogP contribution is -2.15. The molecular formula is C14H12ClN3O3. The van der Waals surface area contributed by atoms with Gasteiger partial charge in [0, 0.05) is 12.1 Å². The van der Waals surface area contributed by atoms with Crippen LogP contribution in [-0.4, -0.2) is 27.0 Å². The number of carbonyl (C=O) groups excluding carboxylic acids is 1. The van der Waals surface area contributed by atoms with E-state index >= 15 is 0 Å². The van der Waals surface area contributed by atoms with Gasteiger partial charge in [0.15, 0.2) is 0 Å². The average Bonchev–Trinajstić information content (AvgIpc) is 2.47. The number of hydrogen-bond donors (Lipinski definition) is 2. The van der Waals surface area contributed by atoms with Gasteiger partial charge in [0.2, 0.25) is 0 Å². The third kappa shape index (κ3) is 4.25. The van der Waals surface area contributed by atoms with E-state index in [1.807, 2.05) is 0 Å². The first-order valence-corrected chi connectivity index (χ1v) is 6.52. The normalized spacial score (nSPS) is 10.1. The second kappa shape index (κ2) is 6.81. The first-order valence-electron chi connectivity index (χ1n) is 6.15. The molecule has 0 unspecified atom stereocenters. The van der Waals surface area contributed by atoms with E-state index in [1.165, 1.54) is 12.4 Å². The fourth-order valence-electron chi connectivity index (χ4n) is 1.72. The SMILES string of the molecule is O=C(O)CCc1ccccc1NC(=O)c1cnc(Cl)cn1. The number of hydrogen-bond acceptors (Lipinski definition) is 4. The van der Waals surface area contributed by atoms with Crippen molar-refractivity contribution < 1.29 is 14.7 Å². The van der Waals surface area contributed by atoms with Crippen molar-refractivity contribution in [2.75, 3.05) is 5.32 Å². The van der Waals surface area contributed by atoms with Crippen LogP contribution in [0.2, 0.25) is 5.15 Å². The van der Waals surface area contributed by atoms with Crippen LogP contribution in [0.15, 0.2) is 36.7 Å². The Labute approximate surface area is 125 Å². The van der Waals surface area contributed by atoms with Gasteiger partial charge in [0.1, 0.15) is 10.8 Å². The molecule has 2 N–H and O–H groups in total. The Kier molecular flexibility index (Phi) is 4.84. The van der Waals surface area contributed by atoms with E-state index in [2.05, 4.69) is 15.3 Å². The molecule has 1 aromatic heterocycles. The van der Waals surface area contributed by atoms with Gasteiger partial charge in [-0.15, -0.1) is 0 Å². The number of nitrogens with one attached hydrogen (secondary N) is 1. The molecule has 108 valence electrons. The minimum atomic E-state index is -0.889. The Hall–Kier alpha value is -2.47.